The summed E-state index contributed by atoms with van der Waals surface area (Å²) in [6.45, 7) is 3.14. The number of anilines is 2. The summed E-state index contributed by atoms with van der Waals surface area (Å²) < 4.78 is 35.2. The molecule has 9 heteroatoms. The predicted octanol–water partition coefficient (Wildman–Crippen LogP) is 2.39. The highest BCUT2D eigenvalue weighted by atomic mass is 32.2. The van der Waals surface area contributed by atoms with Crippen LogP contribution in [0.1, 0.15) is 12.5 Å². The van der Waals surface area contributed by atoms with Crippen molar-refractivity contribution in [1.29, 1.82) is 0 Å². The number of hydrogen-bond donors (Lipinski definition) is 2. The molecule has 0 bridgehead atoms. The average Bonchev–Trinajstić information content (AvgIpc) is 2.68. The molecule has 2 aromatic rings. The zero-order valence-electron chi connectivity index (χ0n) is 16.7. The van der Waals surface area contributed by atoms with Gasteiger partial charge >= 0.3 is 0 Å². The molecule has 0 fully saturated rings. The second-order valence-electron chi connectivity index (χ2n) is 6.42. The molecule has 0 radical (unpaired) electrons. The van der Waals surface area contributed by atoms with Crippen LogP contribution in [-0.2, 0) is 19.4 Å². The van der Waals surface area contributed by atoms with E-state index in [4.69, 9.17) is 9.47 Å². The Hall–Kier alpha value is -3.07. The summed E-state index contributed by atoms with van der Waals surface area (Å²) in [6.07, 6.45) is 0. The second kappa shape index (κ2) is 9.42. The molecule has 2 aromatic carbocycles. The topological polar surface area (TPSA) is 111 Å². The smallest absolute Gasteiger partial charge is 0.242 e. The number of aryl methyl sites for hydroxylation is 1. The van der Waals surface area contributed by atoms with Crippen LogP contribution < -0.4 is 20.1 Å². The number of sulfone groups is 1. The SMILES string of the molecule is COc1ccc(NC(=O)C(C)S(=O)(=O)CC(=O)Nc2ccc(C)cc2)cc1OC. The van der Waals surface area contributed by atoms with Gasteiger partial charge in [0.25, 0.3) is 0 Å². The van der Waals surface area contributed by atoms with Gasteiger partial charge in [-0.15, -0.1) is 0 Å². The molecule has 8 nitrogen and oxygen atoms in total. The summed E-state index contributed by atoms with van der Waals surface area (Å²) in [5, 5.41) is 3.62. The van der Waals surface area contributed by atoms with Crippen molar-refractivity contribution < 1.29 is 27.5 Å². The van der Waals surface area contributed by atoms with E-state index in [1.54, 1.807) is 36.4 Å². The van der Waals surface area contributed by atoms with Gasteiger partial charge in [0.1, 0.15) is 11.0 Å². The number of carbonyl (C=O) groups excluding carboxylic acids is 2. The Morgan fingerprint density at radius 2 is 1.52 bits per heavy atom. The Morgan fingerprint density at radius 1 is 0.931 bits per heavy atom. The Kier molecular flexibility index (Phi) is 7.22. The number of amides is 2. The zero-order valence-corrected chi connectivity index (χ0v) is 17.5. The maximum Gasteiger partial charge on any atom is 0.242 e. The van der Waals surface area contributed by atoms with E-state index in [0.717, 1.165) is 5.56 Å². The van der Waals surface area contributed by atoms with Crippen molar-refractivity contribution in [3.8, 4) is 11.5 Å². The largest absolute Gasteiger partial charge is 0.493 e. The summed E-state index contributed by atoms with van der Waals surface area (Å²) in [5.41, 5.74) is 1.84. The number of ether oxygens (including phenoxy) is 2. The van der Waals surface area contributed by atoms with Gasteiger partial charge in [0.05, 0.1) is 14.2 Å². The van der Waals surface area contributed by atoms with Gasteiger partial charge < -0.3 is 20.1 Å². The molecule has 29 heavy (non-hydrogen) atoms. The fourth-order valence-corrected chi connectivity index (χ4v) is 3.54. The number of rotatable bonds is 8. The van der Waals surface area contributed by atoms with E-state index in [9.17, 15) is 18.0 Å². The third-order valence-corrected chi connectivity index (χ3v) is 6.18. The molecule has 0 saturated carbocycles. The van der Waals surface area contributed by atoms with Crippen LogP contribution in [0.5, 0.6) is 11.5 Å². The van der Waals surface area contributed by atoms with Crippen molar-refractivity contribution in [3.05, 3.63) is 48.0 Å². The van der Waals surface area contributed by atoms with Gasteiger partial charge in [-0.3, -0.25) is 9.59 Å². The lowest BCUT2D eigenvalue weighted by Gasteiger charge is -2.15. The molecule has 0 spiro atoms. The van der Waals surface area contributed by atoms with Crippen molar-refractivity contribution >= 4 is 33.0 Å². The van der Waals surface area contributed by atoms with Crippen LogP contribution in [0.4, 0.5) is 11.4 Å². The lowest BCUT2D eigenvalue weighted by molar-refractivity contribution is -0.115. The van der Waals surface area contributed by atoms with Gasteiger partial charge in [0, 0.05) is 17.4 Å². The van der Waals surface area contributed by atoms with Crippen LogP contribution in [-0.4, -0.2) is 45.5 Å². The fourth-order valence-electron chi connectivity index (χ4n) is 2.46. The van der Waals surface area contributed by atoms with Crippen LogP contribution >= 0.6 is 0 Å². The minimum atomic E-state index is -4.02. The Labute approximate surface area is 170 Å². The monoisotopic (exact) mass is 420 g/mol. The molecule has 0 saturated heterocycles. The number of carbonyl (C=O) groups is 2. The maximum absolute atomic E-state index is 12.5. The van der Waals surface area contributed by atoms with E-state index < -0.39 is 32.7 Å². The maximum atomic E-state index is 12.5. The molecular formula is C20H24N2O6S. The number of benzene rings is 2. The van der Waals surface area contributed by atoms with Gasteiger partial charge in [-0.2, -0.15) is 0 Å². The quantitative estimate of drug-likeness (QED) is 0.678. The number of nitrogens with one attached hydrogen (secondary N) is 2. The zero-order chi connectivity index (χ0) is 21.6. The molecule has 0 heterocycles. The lowest BCUT2D eigenvalue weighted by atomic mass is 10.2. The predicted molar refractivity (Wildman–Crippen MR) is 111 cm³/mol. The standard InChI is InChI=1S/C20H24N2O6S/c1-13-5-7-15(8-6-13)21-19(23)12-29(25,26)14(2)20(24)22-16-9-10-17(27-3)18(11-16)28-4/h5-11,14H,12H2,1-4H3,(H,21,23)(H,22,24). The van der Waals surface area contributed by atoms with Crippen LogP contribution in [0, 0.1) is 6.92 Å². The molecule has 0 aliphatic heterocycles. The molecule has 1 atom stereocenters. The van der Waals surface area contributed by atoms with Crippen LogP contribution in [0.2, 0.25) is 0 Å². The normalized spacial score (nSPS) is 12.0. The summed E-state index contributed by atoms with van der Waals surface area (Å²) in [6, 6.07) is 11.6. The highest BCUT2D eigenvalue weighted by molar-refractivity contribution is 7.93. The molecule has 0 aliphatic carbocycles. The molecule has 156 valence electrons. The van der Waals surface area contributed by atoms with Gasteiger partial charge in [0.2, 0.25) is 11.8 Å². The number of methoxy groups -OCH3 is 2. The highest BCUT2D eigenvalue weighted by Gasteiger charge is 2.30. The van der Waals surface area contributed by atoms with Crippen LogP contribution in [0.25, 0.3) is 0 Å². The van der Waals surface area contributed by atoms with Gasteiger partial charge in [0.15, 0.2) is 21.3 Å². The Morgan fingerprint density at radius 3 is 2.10 bits per heavy atom. The molecule has 2 amide bonds. The highest BCUT2D eigenvalue weighted by Crippen LogP contribution is 2.29. The summed E-state index contributed by atoms with van der Waals surface area (Å²) in [7, 11) is -1.09. The molecule has 2 rings (SSSR count). The van der Waals surface area contributed by atoms with Crippen LogP contribution in [0.3, 0.4) is 0 Å². The van der Waals surface area contributed by atoms with Crippen molar-refractivity contribution in [1.82, 2.24) is 0 Å². The second-order valence-corrected chi connectivity index (χ2v) is 8.74. The van der Waals surface area contributed by atoms with E-state index >= 15 is 0 Å². The molecular weight excluding hydrogens is 396 g/mol. The first kappa shape index (κ1) is 22.2. The average molecular weight is 420 g/mol. The van der Waals surface area contributed by atoms with E-state index in [1.807, 2.05) is 6.92 Å². The van der Waals surface area contributed by atoms with Crippen molar-refractivity contribution in [3.63, 3.8) is 0 Å². The van der Waals surface area contributed by atoms with Crippen LogP contribution in [0.15, 0.2) is 42.5 Å². The Bertz CT molecular complexity index is 987. The van der Waals surface area contributed by atoms with Gasteiger partial charge in [-0.05, 0) is 38.1 Å². The first-order chi connectivity index (χ1) is 13.7. The van der Waals surface area contributed by atoms with E-state index in [0.29, 0.717) is 22.9 Å². The molecule has 0 aromatic heterocycles. The first-order valence-corrected chi connectivity index (χ1v) is 10.5. The van der Waals surface area contributed by atoms with Crippen molar-refractivity contribution in [2.75, 3.05) is 30.6 Å². The summed E-state index contributed by atoms with van der Waals surface area (Å²) in [5.74, 6) is -1.40. The minimum absolute atomic E-state index is 0.346. The Balaban J connectivity index is 2.03. The van der Waals surface area contributed by atoms with Crippen molar-refractivity contribution in [2.45, 2.75) is 19.1 Å². The fraction of sp³-hybridized carbons (Fsp3) is 0.300. The van der Waals surface area contributed by atoms with Crippen molar-refractivity contribution in [2.24, 2.45) is 0 Å². The van der Waals surface area contributed by atoms with E-state index in [1.165, 1.54) is 27.2 Å². The third kappa shape index (κ3) is 5.95. The summed E-state index contributed by atoms with van der Waals surface area (Å²) >= 11 is 0. The first-order valence-electron chi connectivity index (χ1n) is 8.77. The van der Waals surface area contributed by atoms with E-state index in [2.05, 4.69) is 10.6 Å². The molecule has 0 aliphatic rings. The summed E-state index contributed by atoms with van der Waals surface area (Å²) in [4.78, 5) is 24.5. The molecule has 1 unspecified atom stereocenters. The van der Waals surface area contributed by atoms with Gasteiger partial charge in [-0.1, -0.05) is 17.7 Å². The minimum Gasteiger partial charge on any atom is -0.493 e. The number of hydrogen-bond acceptors (Lipinski definition) is 6. The lowest BCUT2D eigenvalue weighted by Crippen LogP contribution is -2.37. The van der Waals surface area contributed by atoms with Gasteiger partial charge in [-0.25, -0.2) is 8.42 Å². The molecule has 2 N–H and O–H groups in total. The third-order valence-electron chi connectivity index (χ3n) is 4.23. The van der Waals surface area contributed by atoms with E-state index in [-0.39, 0.29) is 0 Å².